The van der Waals surface area contributed by atoms with E-state index in [1.807, 2.05) is 18.2 Å². The van der Waals surface area contributed by atoms with Crippen LogP contribution in [0, 0.1) is 0 Å². The van der Waals surface area contributed by atoms with Crippen LogP contribution in [-0.2, 0) is 14.8 Å². The van der Waals surface area contributed by atoms with Gasteiger partial charge in [-0.25, -0.2) is 13.1 Å². The highest BCUT2D eigenvalue weighted by atomic mass is 35.5. The maximum Gasteiger partial charge on any atom is 0.241 e. The molecule has 2 atom stereocenters. The minimum atomic E-state index is -3.43. The molecule has 0 aliphatic carbocycles. The molecule has 9 heteroatoms. The van der Waals surface area contributed by atoms with E-state index in [-0.39, 0.29) is 24.4 Å². The Morgan fingerprint density at radius 2 is 2.17 bits per heavy atom. The summed E-state index contributed by atoms with van der Waals surface area (Å²) in [5, 5.41) is 3.86. The average Bonchev–Trinajstić information content (AvgIpc) is 2.44. The first-order chi connectivity index (χ1) is 10.3. The molecule has 0 spiro atoms. The number of halogens is 2. The van der Waals surface area contributed by atoms with E-state index >= 15 is 0 Å². The smallest absolute Gasteiger partial charge is 0.241 e. The molecule has 0 radical (unpaired) electrons. The van der Waals surface area contributed by atoms with E-state index < -0.39 is 16.1 Å². The SMILES string of the molecule is CC(NS(C)(=O)=O)C(=O)N1CCNCC1c1cccc(Cl)c1.Cl. The number of hydrogen-bond donors (Lipinski definition) is 2. The topological polar surface area (TPSA) is 78.5 Å². The second kappa shape index (κ2) is 8.30. The summed E-state index contributed by atoms with van der Waals surface area (Å²) >= 11 is 6.03. The monoisotopic (exact) mass is 381 g/mol. The van der Waals surface area contributed by atoms with Crippen LogP contribution in [-0.4, -0.2) is 51.2 Å². The lowest BCUT2D eigenvalue weighted by atomic mass is 10.0. The van der Waals surface area contributed by atoms with Gasteiger partial charge in [-0.05, 0) is 24.6 Å². The normalized spacial score (nSPS) is 19.8. The molecule has 1 amide bonds. The van der Waals surface area contributed by atoms with E-state index in [1.54, 1.807) is 17.9 Å². The van der Waals surface area contributed by atoms with Gasteiger partial charge < -0.3 is 10.2 Å². The first kappa shape index (κ1) is 20.2. The number of nitrogens with zero attached hydrogens (tertiary/aromatic N) is 1. The third-order valence-corrected chi connectivity index (χ3v) is 4.54. The summed E-state index contributed by atoms with van der Waals surface area (Å²) in [5.74, 6) is -0.239. The lowest BCUT2D eigenvalue weighted by Crippen LogP contribution is -2.54. The summed E-state index contributed by atoms with van der Waals surface area (Å²) in [6, 6.07) is 6.40. The van der Waals surface area contributed by atoms with Crippen molar-refractivity contribution in [1.82, 2.24) is 14.9 Å². The number of benzene rings is 1. The lowest BCUT2D eigenvalue weighted by Gasteiger charge is -2.38. The quantitative estimate of drug-likeness (QED) is 0.820. The minimum Gasteiger partial charge on any atom is -0.332 e. The first-order valence-electron chi connectivity index (χ1n) is 7.02. The third-order valence-electron chi connectivity index (χ3n) is 3.52. The van der Waals surface area contributed by atoms with Crippen LogP contribution < -0.4 is 10.0 Å². The maximum absolute atomic E-state index is 12.6. The Morgan fingerprint density at radius 1 is 1.48 bits per heavy atom. The average molecular weight is 382 g/mol. The molecule has 1 saturated heterocycles. The Hall–Kier alpha value is -0.860. The Morgan fingerprint density at radius 3 is 2.78 bits per heavy atom. The molecule has 130 valence electrons. The number of carbonyl (C=O) groups excluding carboxylic acids is 1. The summed E-state index contributed by atoms with van der Waals surface area (Å²) < 4.78 is 25.0. The van der Waals surface area contributed by atoms with Gasteiger partial charge in [0.15, 0.2) is 0 Å². The van der Waals surface area contributed by atoms with Crippen LogP contribution >= 0.6 is 24.0 Å². The molecular formula is C14H21Cl2N3O3S. The predicted molar refractivity (Wildman–Crippen MR) is 93.5 cm³/mol. The second-order valence-electron chi connectivity index (χ2n) is 5.42. The van der Waals surface area contributed by atoms with Gasteiger partial charge in [0.1, 0.15) is 0 Å². The van der Waals surface area contributed by atoms with E-state index in [0.29, 0.717) is 24.7 Å². The number of hydrogen-bond acceptors (Lipinski definition) is 4. The van der Waals surface area contributed by atoms with Crippen molar-refractivity contribution in [2.45, 2.75) is 19.0 Å². The van der Waals surface area contributed by atoms with Crippen LogP contribution in [0.2, 0.25) is 5.02 Å². The van der Waals surface area contributed by atoms with Gasteiger partial charge >= 0.3 is 0 Å². The number of nitrogens with one attached hydrogen (secondary N) is 2. The van der Waals surface area contributed by atoms with Crippen molar-refractivity contribution in [3.05, 3.63) is 34.9 Å². The van der Waals surface area contributed by atoms with Crippen LogP contribution in [0.1, 0.15) is 18.5 Å². The van der Waals surface area contributed by atoms with Gasteiger partial charge in [-0.3, -0.25) is 4.79 Å². The molecule has 23 heavy (non-hydrogen) atoms. The first-order valence-corrected chi connectivity index (χ1v) is 9.29. The molecule has 2 rings (SSSR count). The highest BCUT2D eigenvalue weighted by Crippen LogP contribution is 2.25. The summed E-state index contributed by atoms with van der Waals surface area (Å²) in [4.78, 5) is 14.3. The number of piperazine rings is 1. The molecule has 0 aromatic heterocycles. The fraction of sp³-hybridized carbons (Fsp3) is 0.500. The molecule has 6 nitrogen and oxygen atoms in total. The second-order valence-corrected chi connectivity index (χ2v) is 7.63. The molecule has 1 aliphatic rings. The van der Waals surface area contributed by atoms with E-state index in [4.69, 9.17) is 11.6 Å². The number of amides is 1. The summed E-state index contributed by atoms with van der Waals surface area (Å²) in [5.41, 5.74) is 0.930. The van der Waals surface area contributed by atoms with Crippen molar-refractivity contribution in [2.24, 2.45) is 0 Å². The Balaban J connectivity index is 0.00000264. The zero-order valence-electron chi connectivity index (χ0n) is 13.0. The van der Waals surface area contributed by atoms with Crippen molar-refractivity contribution in [1.29, 1.82) is 0 Å². The maximum atomic E-state index is 12.6. The Kier molecular flexibility index (Phi) is 7.29. The van der Waals surface area contributed by atoms with E-state index in [9.17, 15) is 13.2 Å². The molecule has 0 bridgehead atoms. The van der Waals surface area contributed by atoms with Crippen molar-refractivity contribution in [3.8, 4) is 0 Å². The third kappa shape index (κ3) is 5.61. The van der Waals surface area contributed by atoms with Gasteiger partial charge in [0.25, 0.3) is 0 Å². The van der Waals surface area contributed by atoms with Gasteiger partial charge in [-0.2, -0.15) is 0 Å². The molecular weight excluding hydrogens is 361 g/mol. The zero-order valence-corrected chi connectivity index (χ0v) is 15.3. The predicted octanol–water partition coefficient (Wildman–Crippen LogP) is 1.17. The fourth-order valence-corrected chi connectivity index (χ4v) is 3.54. The Labute approximate surface area is 148 Å². The van der Waals surface area contributed by atoms with Gasteiger partial charge in [-0.1, -0.05) is 23.7 Å². The number of rotatable bonds is 4. The van der Waals surface area contributed by atoms with Crippen LogP contribution in [0.3, 0.4) is 0 Å². The van der Waals surface area contributed by atoms with E-state index in [1.165, 1.54) is 0 Å². The molecule has 1 fully saturated rings. The largest absolute Gasteiger partial charge is 0.332 e. The molecule has 1 aromatic rings. The molecule has 2 unspecified atom stereocenters. The van der Waals surface area contributed by atoms with Crippen LogP contribution in [0.25, 0.3) is 0 Å². The summed E-state index contributed by atoms with van der Waals surface area (Å²) in [7, 11) is -3.43. The van der Waals surface area contributed by atoms with Gasteiger partial charge in [-0.15, -0.1) is 12.4 Å². The van der Waals surface area contributed by atoms with E-state index in [2.05, 4.69) is 10.0 Å². The van der Waals surface area contributed by atoms with Crippen LogP contribution in [0.5, 0.6) is 0 Å². The molecule has 2 N–H and O–H groups in total. The van der Waals surface area contributed by atoms with Gasteiger partial charge in [0.05, 0.1) is 18.3 Å². The van der Waals surface area contributed by atoms with Crippen molar-refractivity contribution in [2.75, 3.05) is 25.9 Å². The van der Waals surface area contributed by atoms with Gasteiger partial charge in [0.2, 0.25) is 15.9 Å². The lowest BCUT2D eigenvalue weighted by molar-refractivity contribution is -0.136. The van der Waals surface area contributed by atoms with Crippen molar-refractivity contribution in [3.63, 3.8) is 0 Å². The Bertz CT molecular complexity index is 654. The standard InChI is InChI=1S/C14H20ClN3O3S.ClH/c1-10(17-22(2,20)21)14(19)18-7-6-16-9-13(18)11-4-3-5-12(15)8-11;/h3-5,8,10,13,16-17H,6-7,9H2,1-2H3;1H. The summed E-state index contributed by atoms with van der Waals surface area (Å²) in [6.07, 6.45) is 1.04. The van der Waals surface area contributed by atoms with Gasteiger partial charge in [0, 0.05) is 24.7 Å². The van der Waals surface area contributed by atoms with Crippen molar-refractivity contribution < 1.29 is 13.2 Å². The molecule has 1 heterocycles. The van der Waals surface area contributed by atoms with E-state index in [0.717, 1.165) is 11.8 Å². The minimum absolute atomic E-state index is 0. The van der Waals surface area contributed by atoms with Crippen molar-refractivity contribution >= 4 is 39.9 Å². The highest BCUT2D eigenvalue weighted by molar-refractivity contribution is 7.88. The fourth-order valence-electron chi connectivity index (χ4n) is 2.60. The number of sulfonamides is 1. The highest BCUT2D eigenvalue weighted by Gasteiger charge is 2.31. The van der Waals surface area contributed by atoms with Crippen LogP contribution in [0.15, 0.2) is 24.3 Å². The molecule has 0 saturated carbocycles. The summed E-state index contributed by atoms with van der Waals surface area (Å²) in [6.45, 7) is 3.36. The molecule has 1 aliphatic heterocycles. The zero-order chi connectivity index (χ0) is 16.3. The van der Waals surface area contributed by atoms with Crippen LogP contribution in [0.4, 0.5) is 0 Å². The number of carbonyl (C=O) groups is 1. The molecule has 1 aromatic carbocycles.